The molecule has 5 heteroatoms. The molecule has 2 rings (SSSR count). The maximum absolute atomic E-state index is 12.1. The standard InChI is InChI=1S/C8H6F3NO.C8H10.C2H6/c9-8(10,11)6-2-1-3-7(4-6)12-5-13;1-7-5-3-4-6-8(7)2;1-2/h1-5H,(H,12,13);3-6H,1-2H3;1-2H3. The molecule has 2 aromatic rings. The van der Waals surface area contributed by atoms with Crippen LogP contribution in [0.5, 0.6) is 0 Å². The van der Waals surface area contributed by atoms with E-state index in [1.54, 1.807) is 0 Å². The van der Waals surface area contributed by atoms with Crippen molar-refractivity contribution in [3.63, 3.8) is 0 Å². The molecular formula is C18H22F3NO. The quantitative estimate of drug-likeness (QED) is 0.715. The molecule has 0 heterocycles. The van der Waals surface area contributed by atoms with E-state index in [0.717, 1.165) is 12.1 Å². The van der Waals surface area contributed by atoms with Gasteiger partial charge in [0.05, 0.1) is 5.56 Å². The molecule has 1 amide bonds. The second-order valence-corrected chi connectivity index (χ2v) is 4.43. The highest BCUT2D eigenvalue weighted by Crippen LogP contribution is 2.30. The van der Waals surface area contributed by atoms with Gasteiger partial charge in [0.2, 0.25) is 6.41 Å². The number of halogens is 3. The highest BCUT2D eigenvalue weighted by Gasteiger charge is 2.30. The van der Waals surface area contributed by atoms with Crippen molar-refractivity contribution in [2.24, 2.45) is 0 Å². The van der Waals surface area contributed by atoms with Crippen molar-refractivity contribution >= 4 is 12.1 Å². The number of rotatable bonds is 2. The third kappa shape index (κ3) is 8.04. The van der Waals surface area contributed by atoms with Crippen molar-refractivity contribution in [2.45, 2.75) is 33.9 Å². The van der Waals surface area contributed by atoms with E-state index in [9.17, 15) is 18.0 Å². The van der Waals surface area contributed by atoms with Crippen molar-refractivity contribution < 1.29 is 18.0 Å². The van der Waals surface area contributed by atoms with Gasteiger partial charge in [-0.05, 0) is 43.2 Å². The minimum atomic E-state index is -4.37. The van der Waals surface area contributed by atoms with E-state index >= 15 is 0 Å². The second-order valence-electron chi connectivity index (χ2n) is 4.43. The van der Waals surface area contributed by atoms with Gasteiger partial charge in [-0.15, -0.1) is 0 Å². The molecule has 0 aliphatic carbocycles. The van der Waals surface area contributed by atoms with Gasteiger partial charge in [-0.1, -0.05) is 44.2 Å². The Bertz CT molecular complexity index is 574. The Labute approximate surface area is 135 Å². The van der Waals surface area contributed by atoms with Crippen LogP contribution in [0.1, 0.15) is 30.5 Å². The monoisotopic (exact) mass is 325 g/mol. The van der Waals surface area contributed by atoms with Gasteiger partial charge in [0.1, 0.15) is 0 Å². The molecule has 0 saturated heterocycles. The molecule has 2 aromatic carbocycles. The van der Waals surface area contributed by atoms with Crippen molar-refractivity contribution in [1.29, 1.82) is 0 Å². The van der Waals surface area contributed by atoms with Crippen LogP contribution >= 0.6 is 0 Å². The summed E-state index contributed by atoms with van der Waals surface area (Å²) in [6.07, 6.45) is -4.05. The fraction of sp³-hybridized carbons (Fsp3) is 0.278. The zero-order valence-electron chi connectivity index (χ0n) is 13.7. The molecule has 0 bridgehead atoms. The maximum atomic E-state index is 12.1. The molecule has 0 radical (unpaired) electrons. The Morgan fingerprint density at radius 3 is 1.83 bits per heavy atom. The molecular weight excluding hydrogens is 303 g/mol. The smallest absolute Gasteiger partial charge is 0.329 e. The molecule has 0 saturated carbocycles. The van der Waals surface area contributed by atoms with Crippen LogP contribution in [0.3, 0.4) is 0 Å². The zero-order valence-corrected chi connectivity index (χ0v) is 13.7. The van der Waals surface area contributed by atoms with E-state index in [0.29, 0.717) is 6.41 Å². The highest BCUT2D eigenvalue weighted by molar-refractivity contribution is 5.71. The summed E-state index contributed by atoms with van der Waals surface area (Å²) in [4.78, 5) is 9.94. The minimum absolute atomic E-state index is 0.129. The number of hydrogen-bond donors (Lipinski definition) is 1. The van der Waals surface area contributed by atoms with E-state index in [-0.39, 0.29) is 5.69 Å². The molecule has 0 atom stereocenters. The van der Waals surface area contributed by atoms with Gasteiger partial charge >= 0.3 is 6.18 Å². The van der Waals surface area contributed by atoms with E-state index in [1.807, 2.05) is 13.8 Å². The van der Waals surface area contributed by atoms with Crippen LogP contribution in [0, 0.1) is 13.8 Å². The van der Waals surface area contributed by atoms with Gasteiger partial charge in [0, 0.05) is 5.69 Å². The van der Waals surface area contributed by atoms with E-state index in [2.05, 4.69) is 43.4 Å². The summed E-state index contributed by atoms with van der Waals surface area (Å²) in [6, 6.07) is 12.8. The number of aryl methyl sites for hydroxylation is 2. The molecule has 0 aliphatic heterocycles. The number of alkyl halides is 3. The fourth-order valence-corrected chi connectivity index (χ4v) is 1.52. The molecule has 0 aromatic heterocycles. The van der Waals surface area contributed by atoms with Crippen molar-refractivity contribution in [3.8, 4) is 0 Å². The molecule has 0 fully saturated rings. The maximum Gasteiger partial charge on any atom is 0.416 e. The largest absolute Gasteiger partial charge is 0.416 e. The first kappa shape index (κ1) is 20.7. The van der Waals surface area contributed by atoms with Gasteiger partial charge in [-0.25, -0.2) is 0 Å². The van der Waals surface area contributed by atoms with Gasteiger partial charge in [0.15, 0.2) is 0 Å². The Balaban J connectivity index is 0.000000414. The molecule has 23 heavy (non-hydrogen) atoms. The molecule has 0 aliphatic rings. The summed E-state index contributed by atoms with van der Waals surface area (Å²) in [5.74, 6) is 0. The van der Waals surface area contributed by atoms with Gasteiger partial charge < -0.3 is 5.32 Å². The summed E-state index contributed by atoms with van der Waals surface area (Å²) < 4.78 is 36.3. The van der Waals surface area contributed by atoms with Crippen LogP contribution in [0.15, 0.2) is 48.5 Å². The van der Waals surface area contributed by atoms with Crippen LogP contribution in [0.2, 0.25) is 0 Å². The minimum Gasteiger partial charge on any atom is -0.329 e. The van der Waals surface area contributed by atoms with Gasteiger partial charge in [-0.2, -0.15) is 13.2 Å². The summed E-state index contributed by atoms with van der Waals surface area (Å²) >= 11 is 0. The number of carbonyl (C=O) groups excluding carboxylic acids is 1. The van der Waals surface area contributed by atoms with Crippen LogP contribution < -0.4 is 5.32 Å². The molecule has 126 valence electrons. The van der Waals surface area contributed by atoms with Crippen LogP contribution in [0.25, 0.3) is 0 Å². The molecule has 0 unspecified atom stereocenters. The first-order valence-corrected chi connectivity index (χ1v) is 7.24. The predicted molar refractivity (Wildman–Crippen MR) is 88.4 cm³/mol. The Morgan fingerprint density at radius 1 is 0.913 bits per heavy atom. The Hall–Kier alpha value is -2.30. The first-order chi connectivity index (χ1) is 10.8. The number of anilines is 1. The van der Waals surface area contributed by atoms with E-state index < -0.39 is 11.7 Å². The first-order valence-electron chi connectivity index (χ1n) is 7.24. The lowest BCUT2D eigenvalue weighted by Crippen LogP contribution is -2.05. The normalized spacial score (nSPS) is 9.70. The molecule has 2 nitrogen and oxygen atoms in total. The lowest BCUT2D eigenvalue weighted by Gasteiger charge is -2.07. The summed E-state index contributed by atoms with van der Waals surface area (Å²) in [6.45, 7) is 8.24. The summed E-state index contributed by atoms with van der Waals surface area (Å²) in [5.41, 5.74) is 2.09. The topological polar surface area (TPSA) is 29.1 Å². The summed E-state index contributed by atoms with van der Waals surface area (Å²) in [7, 11) is 0. The average Bonchev–Trinajstić information content (AvgIpc) is 2.53. The highest BCUT2D eigenvalue weighted by atomic mass is 19.4. The van der Waals surface area contributed by atoms with Crippen molar-refractivity contribution in [1.82, 2.24) is 0 Å². The Morgan fingerprint density at radius 2 is 1.43 bits per heavy atom. The average molecular weight is 325 g/mol. The SMILES string of the molecule is CC.Cc1ccccc1C.O=CNc1cccc(C(F)(F)F)c1. The van der Waals surface area contributed by atoms with Gasteiger partial charge in [0.25, 0.3) is 0 Å². The molecule has 0 spiro atoms. The van der Waals surface area contributed by atoms with Crippen LogP contribution in [0.4, 0.5) is 18.9 Å². The second kappa shape index (κ2) is 10.4. The predicted octanol–water partition coefficient (Wildman–Crippen LogP) is 5.60. The number of nitrogens with one attached hydrogen (secondary N) is 1. The van der Waals surface area contributed by atoms with E-state index in [1.165, 1.54) is 23.3 Å². The van der Waals surface area contributed by atoms with E-state index in [4.69, 9.17) is 0 Å². The number of hydrogen-bond acceptors (Lipinski definition) is 1. The molecule has 1 N–H and O–H groups in total. The van der Waals surface area contributed by atoms with Gasteiger partial charge in [-0.3, -0.25) is 4.79 Å². The number of benzene rings is 2. The van der Waals surface area contributed by atoms with Crippen LogP contribution in [-0.4, -0.2) is 6.41 Å². The van der Waals surface area contributed by atoms with Crippen molar-refractivity contribution in [3.05, 3.63) is 65.2 Å². The summed E-state index contributed by atoms with van der Waals surface area (Å²) in [5, 5.41) is 2.14. The van der Waals surface area contributed by atoms with Crippen molar-refractivity contribution in [2.75, 3.05) is 5.32 Å². The Kier molecular flexibility index (Phi) is 9.39. The zero-order chi connectivity index (χ0) is 17.9. The third-order valence-corrected chi connectivity index (χ3v) is 2.84. The number of carbonyl (C=O) groups is 1. The fourth-order valence-electron chi connectivity index (χ4n) is 1.52. The third-order valence-electron chi connectivity index (χ3n) is 2.84. The lowest BCUT2D eigenvalue weighted by molar-refractivity contribution is -0.137. The number of amides is 1. The lowest BCUT2D eigenvalue weighted by atomic mass is 10.1. The van der Waals surface area contributed by atoms with Crippen LogP contribution in [-0.2, 0) is 11.0 Å².